The summed E-state index contributed by atoms with van der Waals surface area (Å²) >= 11 is 6.54. The predicted molar refractivity (Wildman–Crippen MR) is 167 cm³/mol. The number of hydrogen-bond acceptors (Lipinski definition) is 7. The third-order valence-corrected chi connectivity index (χ3v) is 8.14. The van der Waals surface area contributed by atoms with Gasteiger partial charge in [-0.05, 0) is 61.6 Å². The fourth-order valence-corrected chi connectivity index (χ4v) is 5.95. The Hall–Kier alpha value is -4.11. The number of ether oxygens (including phenoxy) is 3. The van der Waals surface area contributed by atoms with Crippen molar-refractivity contribution in [2.45, 2.75) is 45.7 Å². The van der Waals surface area contributed by atoms with Crippen LogP contribution in [-0.2, 0) is 6.54 Å². The Morgan fingerprint density at radius 1 is 1.14 bits per heavy atom. The number of aliphatic imine (C=N–C) groups is 1. The van der Waals surface area contributed by atoms with Gasteiger partial charge in [0.15, 0.2) is 11.5 Å². The molecule has 0 radical (unpaired) electrons. The van der Waals surface area contributed by atoms with Gasteiger partial charge in [0.2, 0.25) is 0 Å². The highest BCUT2D eigenvalue weighted by Gasteiger charge is 2.41. The smallest absolute Gasteiger partial charge is 0.416 e. The van der Waals surface area contributed by atoms with Crippen LogP contribution in [0.15, 0.2) is 83.4 Å². The first-order chi connectivity index (χ1) is 21.0. The maximum Gasteiger partial charge on any atom is 0.416 e. The van der Waals surface area contributed by atoms with Crippen molar-refractivity contribution < 1.29 is 19.0 Å². The Morgan fingerprint density at radius 3 is 2.72 bits per heavy atom. The molecular weight excluding hydrogens is 566 g/mol. The van der Waals surface area contributed by atoms with E-state index in [2.05, 4.69) is 23.1 Å². The second-order valence-electron chi connectivity index (χ2n) is 10.7. The number of carbonyl (C=O) groups excluding carboxylic acids is 1. The quantitative estimate of drug-likeness (QED) is 0.250. The molecule has 3 heterocycles. The van der Waals surface area contributed by atoms with Crippen LogP contribution in [0.5, 0.6) is 17.2 Å². The van der Waals surface area contributed by atoms with Gasteiger partial charge in [0.05, 0.1) is 26.3 Å². The van der Waals surface area contributed by atoms with E-state index in [1.165, 1.54) is 6.33 Å². The monoisotopic (exact) mass is 603 g/mol. The van der Waals surface area contributed by atoms with Crippen LogP contribution in [0.25, 0.3) is 0 Å². The highest BCUT2D eigenvalue weighted by atomic mass is 35.5. The number of piperidine rings is 1. The molecule has 2 aliphatic heterocycles. The Bertz CT molecular complexity index is 1470. The van der Waals surface area contributed by atoms with Crippen LogP contribution in [0.1, 0.15) is 43.4 Å². The van der Waals surface area contributed by atoms with Crippen LogP contribution in [-0.4, -0.2) is 58.3 Å². The van der Waals surface area contributed by atoms with Gasteiger partial charge in [0, 0.05) is 36.2 Å². The standard InChI is InChI=1S/C33H38ClN5O4/c1-4-24-19-26(34)7-5-15-36-31-28(24)14-17-39(33(40)43-27-11-8-23(2)9-12-27)32(31)25-10-13-29(30(20-25)41-3)42-18-6-16-38-22-35-21-37-38/h5,7-13,19-22,24,28,32H,4,6,14-18H2,1-3H3. The van der Waals surface area contributed by atoms with E-state index < -0.39 is 12.1 Å². The minimum absolute atomic E-state index is 0.116. The number of likely N-dealkylation sites (tertiary alicyclic amines) is 1. The Morgan fingerprint density at radius 2 is 1.98 bits per heavy atom. The minimum atomic E-state index is -0.445. The summed E-state index contributed by atoms with van der Waals surface area (Å²) in [6.45, 7) is 6.33. The molecule has 10 heteroatoms. The molecule has 0 bridgehead atoms. The highest BCUT2D eigenvalue weighted by molar-refractivity contribution is 6.31. The third-order valence-electron chi connectivity index (χ3n) is 7.89. The van der Waals surface area contributed by atoms with Crippen molar-refractivity contribution in [2.75, 3.05) is 26.8 Å². The molecule has 1 fully saturated rings. The molecule has 3 atom stereocenters. The van der Waals surface area contributed by atoms with Crippen LogP contribution in [0.2, 0.25) is 0 Å². The Kier molecular flexibility index (Phi) is 10.1. The molecule has 1 aromatic heterocycles. The number of halogens is 1. The molecule has 3 unspecified atom stereocenters. The molecule has 0 N–H and O–H groups in total. The second kappa shape index (κ2) is 14.4. The molecule has 0 spiro atoms. The van der Waals surface area contributed by atoms with Crippen LogP contribution in [0.4, 0.5) is 4.79 Å². The van der Waals surface area contributed by atoms with Crippen LogP contribution < -0.4 is 14.2 Å². The maximum atomic E-state index is 13.8. The largest absolute Gasteiger partial charge is 0.493 e. The molecule has 3 aromatic rings. The van der Waals surface area contributed by atoms with Gasteiger partial charge in [0.25, 0.3) is 0 Å². The summed E-state index contributed by atoms with van der Waals surface area (Å²) < 4.78 is 19.5. The first-order valence-electron chi connectivity index (χ1n) is 14.7. The fraction of sp³-hybridized carbons (Fsp3) is 0.394. The maximum absolute atomic E-state index is 13.8. The SMILES string of the molecule is CCC1C=C(Cl)C=CCN=C2C1CCN(C(=O)Oc1ccc(C)cc1)C2c1ccc(OCCCn2cncn2)c(OC)c1. The second-order valence-corrected chi connectivity index (χ2v) is 11.2. The zero-order valence-electron chi connectivity index (χ0n) is 24.9. The summed E-state index contributed by atoms with van der Waals surface area (Å²) in [4.78, 5) is 24.6. The molecular formula is C33H38ClN5O4. The van der Waals surface area contributed by atoms with Gasteiger partial charge in [-0.15, -0.1) is 0 Å². The zero-order valence-corrected chi connectivity index (χ0v) is 25.6. The van der Waals surface area contributed by atoms with E-state index in [-0.39, 0.29) is 11.8 Å². The Labute approximate surface area is 257 Å². The molecule has 0 aliphatic carbocycles. The van der Waals surface area contributed by atoms with Gasteiger partial charge in [-0.25, -0.2) is 9.78 Å². The lowest BCUT2D eigenvalue weighted by molar-refractivity contribution is 0.131. The van der Waals surface area contributed by atoms with E-state index in [4.69, 9.17) is 30.8 Å². The van der Waals surface area contributed by atoms with Gasteiger partial charge in [0.1, 0.15) is 18.4 Å². The van der Waals surface area contributed by atoms with Gasteiger partial charge in [-0.3, -0.25) is 14.6 Å². The Balaban J connectivity index is 1.45. The van der Waals surface area contributed by atoms with Crippen molar-refractivity contribution in [2.24, 2.45) is 16.8 Å². The van der Waals surface area contributed by atoms with Crippen LogP contribution >= 0.6 is 11.6 Å². The van der Waals surface area contributed by atoms with Gasteiger partial charge >= 0.3 is 6.09 Å². The number of hydrogen-bond donors (Lipinski definition) is 0. The number of aryl methyl sites for hydroxylation is 2. The lowest BCUT2D eigenvalue weighted by atomic mass is 9.76. The first kappa shape index (κ1) is 30.4. The number of methoxy groups -OCH3 is 1. The van der Waals surface area contributed by atoms with Crippen molar-refractivity contribution in [3.63, 3.8) is 0 Å². The van der Waals surface area contributed by atoms with E-state index in [9.17, 15) is 4.79 Å². The molecule has 0 saturated carbocycles. The average Bonchev–Trinajstić information content (AvgIpc) is 3.56. The van der Waals surface area contributed by atoms with Crippen LogP contribution in [0.3, 0.4) is 0 Å². The summed E-state index contributed by atoms with van der Waals surface area (Å²) in [5.41, 5.74) is 2.91. The van der Waals surface area contributed by atoms with E-state index in [1.807, 2.05) is 61.5 Å². The van der Waals surface area contributed by atoms with Gasteiger partial charge in [-0.1, -0.05) is 54.4 Å². The predicted octanol–water partition coefficient (Wildman–Crippen LogP) is 6.79. The fourth-order valence-electron chi connectivity index (χ4n) is 5.70. The summed E-state index contributed by atoms with van der Waals surface area (Å²) in [6.07, 6.45) is 11.2. The van der Waals surface area contributed by atoms with E-state index in [1.54, 1.807) is 23.0 Å². The topological polar surface area (TPSA) is 91.1 Å². The number of carbonyl (C=O) groups is 1. The first-order valence-corrected chi connectivity index (χ1v) is 15.1. The molecule has 226 valence electrons. The van der Waals surface area contributed by atoms with Gasteiger partial charge < -0.3 is 14.2 Å². The number of fused-ring (bicyclic) bond motifs is 1. The third kappa shape index (κ3) is 7.46. The van der Waals surface area contributed by atoms with Crippen molar-refractivity contribution in [3.8, 4) is 17.2 Å². The molecule has 9 nitrogen and oxygen atoms in total. The molecule has 43 heavy (non-hydrogen) atoms. The van der Waals surface area contributed by atoms with Crippen molar-refractivity contribution in [3.05, 3.63) is 89.5 Å². The summed E-state index contributed by atoms with van der Waals surface area (Å²) in [5.74, 6) is 2.02. The lowest BCUT2D eigenvalue weighted by Gasteiger charge is -2.42. The number of aromatic nitrogens is 3. The number of nitrogens with zero attached hydrogens (tertiary/aromatic N) is 5. The molecule has 5 rings (SSSR count). The molecule has 2 aliphatic rings. The van der Waals surface area contributed by atoms with Crippen LogP contribution in [0, 0.1) is 18.8 Å². The molecule has 1 amide bonds. The van der Waals surface area contributed by atoms with E-state index in [0.29, 0.717) is 48.5 Å². The van der Waals surface area contributed by atoms with Crippen molar-refractivity contribution in [1.29, 1.82) is 0 Å². The summed E-state index contributed by atoms with van der Waals surface area (Å²) in [5, 5.41) is 4.85. The molecule has 1 saturated heterocycles. The average molecular weight is 604 g/mol. The lowest BCUT2D eigenvalue weighted by Crippen LogP contribution is -2.49. The van der Waals surface area contributed by atoms with Crippen molar-refractivity contribution in [1.82, 2.24) is 19.7 Å². The minimum Gasteiger partial charge on any atom is -0.493 e. The zero-order chi connectivity index (χ0) is 30.2. The highest BCUT2D eigenvalue weighted by Crippen LogP contribution is 2.41. The van der Waals surface area contributed by atoms with Gasteiger partial charge in [-0.2, -0.15) is 5.10 Å². The number of allylic oxidation sites excluding steroid dienone is 3. The number of rotatable bonds is 9. The summed E-state index contributed by atoms with van der Waals surface area (Å²) in [6, 6.07) is 12.9. The van der Waals surface area contributed by atoms with E-state index >= 15 is 0 Å². The number of amides is 1. The number of benzene rings is 2. The van der Waals surface area contributed by atoms with Crippen molar-refractivity contribution >= 4 is 23.4 Å². The normalized spacial score (nSPS) is 20.2. The van der Waals surface area contributed by atoms with E-state index in [0.717, 1.165) is 36.1 Å². The summed E-state index contributed by atoms with van der Waals surface area (Å²) in [7, 11) is 1.62. The molecule has 2 aromatic carbocycles.